The standard InChI is InChI=1S/C18H17BrO2/c1-18(2)20-12-15-11-14(7-10-17(15)21-18)4-3-13-5-8-16(19)9-6-13/h3-11H,12H2,1-2H3. The SMILES string of the molecule is CC1(C)OCc2cc(C=Cc3ccc(Br)cc3)ccc2O1. The predicted octanol–water partition coefficient (Wildman–Crippen LogP) is 5.26. The van der Waals surface area contributed by atoms with Gasteiger partial charge in [0.05, 0.1) is 6.61 Å². The molecule has 3 rings (SSSR count). The van der Waals surface area contributed by atoms with Crippen molar-refractivity contribution in [1.82, 2.24) is 0 Å². The van der Waals surface area contributed by atoms with Crippen LogP contribution in [0.5, 0.6) is 5.75 Å². The van der Waals surface area contributed by atoms with Gasteiger partial charge in [0.15, 0.2) is 0 Å². The van der Waals surface area contributed by atoms with Gasteiger partial charge in [0.1, 0.15) is 5.75 Å². The second-order valence-electron chi connectivity index (χ2n) is 5.54. The molecule has 2 aromatic carbocycles. The van der Waals surface area contributed by atoms with Gasteiger partial charge in [-0.05, 0) is 35.4 Å². The first kappa shape index (κ1) is 14.4. The number of halogens is 1. The van der Waals surface area contributed by atoms with Gasteiger partial charge in [-0.25, -0.2) is 0 Å². The molecule has 3 heteroatoms. The van der Waals surface area contributed by atoms with E-state index >= 15 is 0 Å². The minimum absolute atomic E-state index is 0.540. The van der Waals surface area contributed by atoms with Crippen LogP contribution in [0.1, 0.15) is 30.5 Å². The molecule has 0 aliphatic carbocycles. The summed E-state index contributed by atoms with van der Waals surface area (Å²) in [6, 6.07) is 14.4. The van der Waals surface area contributed by atoms with E-state index in [0.717, 1.165) is 21.3 Å². The topological polar surface area (TPSA) is 18.5 Å². The maximum absolute atomic E-state index is 5.80. The molecule has 0 atom stereocenters. The second kappa shape index (κ2) is 5.66. The van der Waals surface area contributed by atoms with Gasteiger partial charge in [0.2, 0.25) is 5.79 Å². The van der Waals surface area contributed by atoms with Gasteiger partial charge < -0.3 is 9.47 Å². The van der Waals surface area contributed by atoms with Crippen molar-refractivity contribution in [2.45, 2.75) is 26.2 Å². The molecular formula is C18H17BrO2. The Labute approximate surface area is 133 Å². The quantitative estimate of drug-likeness (QED) is 0.691. The average molecular weight is 345 g/mol. The third-order valence-corrected chi connectivity index (χ3v) is 3.88. The summed E-state index contributed by atoms with van der Waals surface area (Å²) in [7, 11) is 0. The minimum Gasteiger partial charge on any atom is -0.463 e. The maximum Gasteiger partial charge on any atom is 0.205 e. The number of benzene rings is 2. The molecular weight excluding hydrogens is 328 g/mol. The van der Waals surface area contributed by atoms with Gasteiger partial charge in [-0.2, -0.15) is 0 Å². The summed E-state index contributed by atoms with van der Waals surface area (Å²) < 4.78 is 12.6. The van der Waals surface area contributed by atoms with E-state index in [9.17, 15) is 0 Å². The fraction of sp³-hybridized carbons (Fsp3) is 0.222. The van der Waals surface area contributed by atoms with Crippen molar-refractivity contribution in [2.24, 2.45) is 0 Å². The number of ether oxygens (including phenoxy) is 2. The van der Waals surface area contributed by atoms with Crippen LogP contribution in [0, 0.1) is 0 Å². The lowest BCUT2D eigenvalue weighted by molar-refractivity contribution is -0.180. The number of hydrogen-bond acceptors (Lipinski definition) is 2. The molecule has 0 N–H and O–H groups in total. The van der Waals surface area contributed by atoms with Crippen LogP contribution in [-0.4, -0.2) is 5.79 Å². The lowest BCUT2D eigenvalue weighted by Gasteiger charge is -2.32. The third kappa shape index (κ3) is 3.55. The van der Waals surface area contributed by atoms with E-state index < -0.39 is 5.79 Å². The van der Waals surface area contributed by atoms with Crippen LogP contribution in [-0.2, 0) is 11.3 Å². The molecule has 21 heavy (non-hydrogen) atoms. The monoisotopic (exact) mass is 344 g/mol. The average Bonchev–Trinajstić information content (AvgIpc) is 2.46. The Kier molecular flexibility index (Phi) is 3.87. The van der Waals surface area contributed by atoms with Crippen LogP contribution < -0.4 is 4.74 Å². The number of rotatable bonds is 2. The highest BCUT2D eigenvalue weighted by Gasteiger charge is 2.26. The Hall–Kier alpha value is -1.58. The second-order valence-corrected chi connectivity index (χ2v) is 6.46. The zero-order chi connectivity index (χ0) is 14.9. The van der Waals surface area contributed by atoms with Gasteiger partial charge in [-0.15, -0.1) is 0 Å². The van der Waals surface area contributed by atoms with E-state index in [1.807, 2.05) is 32.0 Å². The van der Waals surface area contributed by atoms with Crippen LogP contribution in [0.4, 0.5) is 0 Å². The van der Waals surface area contributed by atoms with Crippen LogP contribution in [0.25, 0.3) is 12.2 Å². The first-order chi connectivity index (χ1) is 10.0. The highest BCUT2D eigenvalue weighted by molar-refractivity contribution is 9.10. The lowest BCUT2D eigenvalue weighted by atomic mass is 10.1. The highest BCUT2D eigenvalue weighted by atomic mass is 79.9. The molecule has 0 unspecified atom stereocenters. The Bertz CT molecular complexity index is 672. The molecule has 0 aromatic heterocycles. The summed E-state index contributed by atoms with van der Waals surface area (Å²) in [4.78, 5) is 0. The van der Waals surface area contributed by atoms with E-state index in [1.165, 1.54) is 5.56 Å². The Balaban J connectivity index is 1.80. The first-order valence-corrected chi connectivity index (χ1v) is 7.71. The fourth-order valence-electron chi connectivity index (χ4n) is 2.23. The summed E-state index contributed by atoms with van der Waals surface area (Å²) in [5.41, 5.74) is 3.40. The largest absolute Gasteiger partial charge is 0.463 e. The molecule has 0 radical (unpaired) electrons. The van der Waals surface area contributed by atoms with Crippen molar-refractivity contribution in [2.75, 3.05) is 0 Å². The number of hydrogen-bond donors (Lipinski definition) is 0. The molecule has 108 valence electrons. The summed E-state index contributed by atoms with van der Waals surface area (Å²) in [5, 5.41) is 0. The summed E-state index contributed by atoms with van der Waals surface area (Å²) in [6.07, 6.45) is 4.20. The maximum atomic E-state index is 5.80. The first-order valence-electron chi connectivity index (χ1n) is 6.91. The normalized spacial score (nSPS) is 16.5. The zero-order valence-corrected chi connectivity index (χ0v) is 13.7. The molecule has 2 nitrogen and oxygen atoms in total. The third-order valence-electron chi connectivity index (χ3n) is 3.35. The molecule has 0 bridgehead atoms. The molecule has 1 aliphatic heterocycles. The van der Waals surface area contributed by atoms with Gasteiger partial charge in [-0.1, -0.05) is 46.3 Å². The van der Waals surface area contributed by atoms with Crippen LogP contribution >= 0.6 is 15.9 Å². The molecule has 0 saturated heterocycles. The number of fused-ring (bicyclic) bond motifs is 1. The van der Waals surface area contributed by atoms with Crippen molar-refractivity contribution in [3.8, 4) is 5.75 Å². The zero-order valence-electron chi connectivity index (χ0n) is 12.1. The van der Waals surface area contributed by atoms with Gasteiger partial charge in [0, 0.05) is 23.9 Å². The van der Waals surface area contributed by atoms with Crippen LogP contribution in [0.3, 0.4) is 0 Å². The molecule has 0 saturated carbocycles. The summed E-state index contributed by atoms with van der Waals surface area (Å²) in [5.74, 6) is 0.369. The Morgan fingerprint density at radius 2 is 1.67 bits per heavy atom. The predicted molar refractivity (Wildman–Crippen MR) is 89.0 cm³/mol. The molecule has 0 spiro atoms. The smallest absolute Gasteiger partial charge is 0.205 e. The lowest BCUT2D eigenvalue weighted by Crippen LogP contribution is -2.35. The van der Waals surface area contributed by atoms with E-state index in [-0.39, 0.29) is 0 Å². The van der Waals surface area contributed by atoms with Gasteiger partial charge in [-0.3, -0.25) is 0 Å². The molecule has 1 heterocycles. The minimum atomic E-state index is -0.540. The Morgan fingerprint density at radius 1 is 1.00 bits per heavy atom. The van der Waals surface area contributed by atoms with Crippen molar-refractivity contribution in [1.29, 1.82) is 0 Å². The van der Waals surface area contributed by atoms with Crippen LogP contribution in [0.2, 0.25) is 0 Å². The summed E-state index contributed by atoms with van der Waals surface area (Å²) in [6.45, 7) is 4.44. The molecule has 2 aromatic rings. The fourth-order valence-corrected chi connectivity index (χ4v) is 2.49. The summed E-state index contributed by atoms with van der Waals surface area (Å²) >= 11 is 3.44. The molecule has 0 fully saturated rings. The van der Waals surface area contributed by atoms with Crippen molar-refractivity contribution in [3.05, 3.63) is 63.6 Å². The Morgan fingerprint density at radius 3 is 2.43 bits per heavy atom. The highest BCUT2D eigenvalue weighted by Crippen LogP contribution is 2.32. The van der Waals surface area contributed by atoms with Crippen molar-refractivity contribution < 1.29 is 9.47 Å². The van der Waals surface area contributed by atoms with E-state index in [2.05, 4.69) is 52.3 Å². The van der Waals surface area contributed by atoms with Gasteiger partial charge in [0.25, 0.3) is 0 Å². The van der Waals surface area contributed by atoms with E-state index in [0.29, 0.717) is 6.61 Å². The molecule has 0 amide bonds. The van der Waals surface area contributed by atoms with Crippen molar-refractivity contribution in [3.63, 3.8) is 0 Å². The van der Waals surface area contributed by atoms with E-state index in [1.54, 1.807) is 0 Å². The molecule has 1 aliphatic rings. The van der Waals surface area contributed by atoms with Crippen LogP contribution in [0.15, 0.2) is 46.9 Å². The van der Waals surface area contributed by atoms with Gasteiger partial charge >= 0.3 is 0 Å². The van der Waals surface area contributed by atoms with Crippen molar-refractivity contribution >= 4 is 28.1 Å². The van der Waals surface area contributed by atoms with E-state index in [4.69, 9.17) is 9.47 Å².